The second-order valence-electron chi connectivity index (χ2n) is 5.40. The molecule has 0 aromatic heterocycles. The molecule has 3 aliphatic carbocycles. The van der Waals surface area contributed by atoms with Gasteiger partial charge in [-0.3, -0.25) is 4.79 Å². The zero-order valence-corrected chi connectivity index (χ0v) is 8.54. The van der Waals surface area contributed by atoms with Crippen LogP contribution < -0.4 is 0 Å². The van der Waals surface area contributed by atoms with E-state index in [1.54, 1.807) is 0 Å². The van der Waals surface area contributed by atoms with Gasteiger partial charge in [-0.1, -0.05) is 12.8 Å². The Bertz CT molecular complexity index is 273. The number of Topliss-reactive ketones (excluding diaryl/α,β-unsaturated/α-hetero) is 1. The van der Waals surface area contributed by atoms with Crippen molar-refractivity contribution in [3.05, 3.63) is 0 Å². The van der Waals surface area contributed by atoms with Gasteiger partial charge in [0.2, 0.25) is 0 Å². The zero-order chi connectivity index (χ0) is 9.76. The van der Waals surface area contributed by atoms with Crippen LogP contribution in [-0.2, 0) is 4.79 Å². The lowest BCUT2D eigenvalue weighted by Crippen LogP contribution is -2.53. The molecule has 3 fully saturated rings. The highest BCUT2D eigenvalue weighted by atomic mass is 16.3. The van der Waals surface area contributed by atoms with Gasteiger partial charge < -0.3 is 5.11 Å². The Hall–Kier alpha value is -0.370. The largest absolute Gasteiger partial charge is 0.389 e. The summed E-state index contributed by atoms with van der Waals surface area (Å²) in [5.41, 5.74) is -0.595. The summed E-state index contributed by atoms with van der Waals surface area (Å²) in [5.74, 6) is 1.13. The quantitative estimate of drug-likeness (QED) is 0.639. The van der Waals surface area contributed by atoms with E-state index in [1.807, 2.05) is 0 Å². The number of aliphatic hydroxyl groups is 1. The summed E-state index contributed by atoms with van der Waals surface area (Å²) in [6.07, 6.45) is 7.37. The van der Waals surface area contributed by atoms with Crippen molar-refractivity contribution < 1.29 is 9.90 Å². The zero-order valence-electron chi connectivity index (χ0n) is 8.54. The Balaban J connectivity index is 1.96. The maximum atomic E-state index is 11.9. The fraction of sp³-hybridized carbons (Fsp3) is 0.917. The number of carbonyl (C=O) groups is 1. The average Bonchev–Trinajstić information content (AvgIpc) is 2.46. The normalized spacial score (nSPS) is 51.8. The highest BCUT2D eigenvalue weighted by Gasteiger charge is 2.56. The molecule has 0 heterocycles. The Labute approximate surface area is 84.7 Å². The van der Waals surface area contributed by atoms with Crippen molar-refractivity contribution in [1.29, 1.82) is 0 Å². The predicted molar refractivity (Wildman–Crippen MR) is 52.7 cm³/mol. The molecule has 0 saturated heterocycles. The van der Waals surface area contributed by atoms with Gasteiger partial charge in [0.1, 0.15) is 5.78 Å². The van der Waals surface area contributed by atoms with Gasteiger partial charge in [-0.15, -0.1) is 0 Å². The standard InChI is InChI=1S/C12H18O2/c13-11-8-4-5-10(11)12(14)6-2-1-3-9(12)7-8/h8-10,14H,1-7H2/t8-,9+,10+,12-/m0/s1. The van der Waals surface area contributed by atoms with Crippen LogP contribution in [0.4, 0.5) is 0 Å². The van der Waals surface area contributed by atoms with Crippen LogP contribution in [0.5, 0.6) is 0 Å². The lowest BCUT2D eigenvalue weighted by molar-refractivity contribution is -0.152. The number of ketones is 1. The summed E-state index contributed by atoms with van der Waals surface area (Å²) in [5, 5.41) is 10.6. The minimum Gasteiger partial charge on any atom is -0.389 e. The molecular weight excluding hydrogens is 176 g/mol. The molecule has 2 bridgehead atoms. The summed E-state index contributed by atoms with van der Waals surface area (Å²) in [4.78, 5) is 11.9. The van der Waals surface area contributed by atoms with Gasteiger partial charge in [0.25, 0.3) is 0 Å². The molecule has 0 unspecified atom stereocenters. The van der Waals surface area contributed by atoms with Crippen molar-refractivity contribution in [2.45, 2.75) is 50.5 Å². The van der Waals surface area contributed by atoms with Crippen molar-refractivity contribution in [3.63, 3.8) is 0 Å². The van der Waals surface area contributed by atoms with Crippen molar-refractivity contribution in [3.8, 4) is 0 Å². The van der Waals surface area contributed by atoms with Gasteiger partial charge in [-0.2, -0.15) is 0 Å². The van der Waals surface area contributed by atoms with Crippen LogP contribution in [0.1, 0.15) is 44.9 Å². The van der Waals surface area contributed by atoms with Crippen LogP contribution in [0.2, 0.25) is 0 Å². The molecule has 0 spiro atoms. The van der Waals surface area contributed by atoms with Crippen LogP contribution in [0.15, 0.2) is 0 Å². The van der Waals surface area contributed by atoms with Gasteiger partial charge in [0.15, 0.2) is 0 Å². The molecular formula is C12H18O2. The Morgan fingerprint density at radius 3 is 2.93 bits per heavy atom. The van der Waals surface area contributed by atoms with Gasteiger partial charge >= 0.3 is 0 Å². The van der Waals surface area contributed by atoms with E-state index in [2.05, 4.69) is 0 Å². The van der Waals surface area contributed by atoms with Crippen LogP contribution in [0.25, 0.3) is 0 Å². The molecule has 1 N–H and O–H groups in total. The summed E-state index contributed by atoms with van der Waals surface area (Å²) >= 11 is 0. The number of hydrogen-bond donors (Lipinski definition) is 1. The molecule has 4 atom stereocenters. The Morgan fingerprint density at radius 2 is 2.07 bits per heavy atom. The summed E-state index contributed by atoms with van der Waals surface area (Å²) < 4.78 is 0. The van der Waals surface area contributed by atoms with Crippen LogP contribution >= 0.6 is 0 Å². The second kappa shape index (κ2) is 2.82. The predicted octanol–water partition coefficient (Wildman–Crippen LogP) is 1.91. The number of fused-ring (bicyclic) bond motifs is 4. The average molecular weight is 194 g/mol. The molecule has 0 amide bonds. The third kappa shape index (κ3) is 0.979. The molecule has 14 heavy (non-hydrogen) atoms. The highest BCUT2D eigenvalue weighted by Crippen LogP contribution is 2.53. The third-order valence-electron chi connectivity index (χ3n) is 4.81. The van der Waals surface area contributed by atoms with E-state index in [0.29, 0.717) is 17.6 Å². The van der Waals surface area contributed by atoms with E-state index in [1.165, 1.54) is 6.42 Å². The van der Waals surface area contributed by atoms with E-state index < -0.39 is 5.60 Å². The number of rotatable bonds is 0. The summed E-state index contributed by atoms with van der Waals surface area (Å²) in [6.45, 7) is 0. The fourth-order valence-electron chi connectivity index (χ4n) is 4.04. The maximum absolute atomic E-state index is 11.9. The molecule has 3 saturated carbocycles. The Kier molecular flexibility index (Phi) is 1.79. The SMILES string of the molecule is O=C1[C@H]2CC[C@H]1[C@]1(O)CCCC[C@@H]1C2. The van der Waals surface area contributed by atoms with E-state index in [4.69, 9.17) is 0 Å². The maximum Gasteiger partial charge on any atom is 0.141 e. The van der Waals surface area contributed by atoms with Gasteiger partial charge in [-0.05, 0) is 38.0 Å². The first-order valence-electron chi connectivity index (χ1n) is 5.98. The van der Waals surface area contributed by atoms with E-state index in [-0.39, 0.29) is 5.92 Å². The first-order chi connectivity index (χ1) is 6.72. The lowest BCUT2D eigenvalue weighted by Gasteiger charge is -2.46. The lowest BCUT2D eigenvalue weighted by atomic mass is 9.62. The van der Waals surface area contributed by atoms with E-state index >= 15 is 0 Å². The molecule has 0 aromatic carbocycles. The van der Waals surface area contributed by atoms with Crippen LogP contribution in [-0.4, -0.2) is 16.5 Å². The fourth-order valence-corrected chi connectivity index (χ4v) is 4.04. The van der Waals surface area contributed by atoms with Crippen molar-refractivity contribution in [2.24, 2.45) is 17.8 Å². The molecule has 0 aromatic rings. The monoisotopic (exact) mass is 194 g/mol. The van der Waals surface area contributed by atoms with Crippen molar-refractivity contribution in [1.82, 2.24) is 0 Å². The Morgan fingerprint density at radius 1 is 1.21 bits per heavy atom. The number of carbonyl (C=O) groups excluding carboxylic acids is 1. The summed E-state index contributed by atoms with van der Waals surface area (Å²) in [7, 11) is 0. The smallest absolute Gasteiger partial charge is 0.141 e. The third-order valence-corrected chi connectivity index (χ3v) is 4.81. The van der Waals surface area contributed by atoms with Crippen molar-refractivity contribution >= 4 is 5.78 Å². The van der Waals surface area contributed by atoms with Crippen molar-refractivity contribution in [2.75, 3.05) is 0 Å². The molecule has 3 aliphatic rings. The number of hydrogen-bond acceptors (Lipinski definition) is 2. The molecule has 2 heteroatoms. The van der Waals surface area contributed by atoms with Crippen LogP contribution in [0.3, 0.4) is 0 Å². The summed E-state index contributed by atoms with van der Waals surface area (Å²) in [6, 6.07) is 0. The van der Waals surface area contributed by atoms with Gasteiger partial charge in [0, 0.05) is 11.8 Å². The molecule has 0 radical (unpaired) electrons. The van der Waals surface area contributed by atoms with Gasteiger partial charge in [0.05, 0.1) is 5.60 Å². The molecule has 2 nitrogen and oxygen atoms in total. The van der Waals surface area contributed by atoms with Gasteiger partial charge in [-0.25, -0.2) is 0 Å². The molecule has 3 rings (SSSR count). The second-order valence-corrected chi connectivity index (χ2v) is 5.40. The topological polar surface area (TPSA) is 37.3 Å². The molecule has 78 valence electrons. The van der Waals surface area contributed by atoms with E-state index in [9.17, 15) is 9.90 Å². The van der Waals surface area contributed by atoms with E-state index in [0.717, 1.165) is 38.5 Å². The molecule has 0 aliphatic heterocycles. The minimum absolute atomic E-state index is 0.00606. The van der Waals surface area contributed by atoms with Crippen LogP contribution in [0, 0.1) is 17.8 Å². The highest BCUT2D eigenvalue weighted by molar-refractivity contribution is 5.87. The minimum atomic E-state index is -0.595. The first-order valence-corrected chi connectivity index (χ1v) is 5.98. The first kappa shape index (κ1) is 8.90.